The van der Waals surface area contributed by atoms with E-state index < -0.39 is 0 Å². The van der Waals surface area contributed by atoms with Gasteiger partial charge in [-0.25, -0.2) is 9.80 Å². The van der Waals surface area contributed by atoms with Gasteiger partial charge in [-0.2, -0.15) is 0 Å². The van der Waals surface area contributed by atoms with Crippen molar-refractivity contribution in [3.63, 3.8) is 0 Å². The summed E-state index contributed by atoms with van der Waals surface area (Å²) in [5.74, 6) is -1.25. The lowest BCUT2D eigenvalue weighted by Crippen LogP contribution is -2.29. The van der Waals surface area contributed by atoms with E-state index in [-0.39, 0.29) is 23.6 Å². The predicted molar refractivity (Wildman–Crippen MR) is 140 cm³/mol. The second-order valence-corrected chi connectivity index (χ2v) is 9.50. The van der Waals surface area contributed by atoms with Gasteiger partial charge < -0.3 is 0 Å². The smallest absolute Gasteiger partial charge is 0.266 e. The minimum atomic E-state index is -0.313. The van der Waals surface area contributed by atoms with Gasteiger partial charge in [-0.3, -0.25) is 19.2 Å². The average Bonchev–Trinajstić information content (AvgIpc) is 3.28. The number of benzene rings is 4. The number of hydrogen-bond acceptors (Lipinski definition) is 4. The van der Waals surface area contributed by atoms with Crippen LogP contribution in [0.3, 0.4) is 0 Å². The van der Waals surface area contributed by atoms with Crippen LogP contribution >= 0.6 is 0 Å². The Labute approximate surface area is 213 Å². The van der Waals surface area contributed by atoms with E-state index in [0.29, 0.717) is 40.0 Å². The predicted octanol–water partition coefficient (Wildman–Crippen LogP) is 5.50. The maximum Gasteiger partial charge on any atom is 0.266 e. The second kappa shape index (κ2) is 8.38. The number of carbonyl (C=O) groups excluding carboxylic acids is 4. The van der Waals surface area contributed by atoms with Crippen molar-refractivity contribution in [2.45, 2.75) is 20.3 Å². The highest BCUT2D eigenvalue weighted by atomic mass is 16.2. The van der Waals surface area contributed by atoms with E-state index in [4.69, 9.17) is 0 Å². The van der Waals surface area contributed by atoms with Crippen LogP contribution < -0.4 is 9.80 Å². The standard InChI is InChI=1S/C31H22N2O4/c1-18-3-13-24-26(15-18)30(36)32(28(24)34)22-9-5-20(6-10-22)17-21-7-11-23(12-8-21)33-29(35)25-14-4-19(2)16-27(25)31(33)37/h3-16H,17H2,1-2H3. The van der Waals surface area contributed by atoms with E-state index in [1.165, 1.54) is 9.80 Å². The van der Waals surface area contributed by atoms with Crippen LogP contribution in [-0.2, 0) is 6.42 Å². The first kappa shape index (κ1) is 22.6. The van der Waals surface area contributed by atoms with Gasteiger partial charge in [0.25, 0.3) is 23.6 Å². The molecule has 0 unspecified atom stereocenters. The third-order valence-corrected chi connectivity index (χ3v) is 6.88. The van der Waals surface area contributed by atoms with Crippen LogP contribution in [-0.4, -0.2) is 23.6 Å². The van der Waals surface area contributed by atoms with Gasteiger partial charge in [-0.1, -0.05) is 47.5 Å². The van der Waals surface area contributed by atoms with E-state index in [1.54, 1.807) is 48.5 Å². The Kier molecular flexibility index (Phi) is 5.12. The summed E-state index contributed by atoms with van der Waals surface area (Å²) in [6.07, 6.45) is 0.614. The molecular weight excluding hydrogens is 464 g/mol. The van der Waals surface area contributed by atoms with E-state index in [2.05, 4.69) is 0 Å². The number of anilines is 2. The van der Waals surface area contributed by atoms with Gasteiger partial charge in [0, 0.05) is 0 Å². The Bertz CT molecular complexity index is 1510. The summed E-state index contributed by atoms with van der Waals surface area (Å²) in [6, 6.07) is 25.2. The van der Waals surface area contributed by atoms with E-state index in [1.807, 2.05) is 50.2 Å². The molecule has 0 saturated heterocycles. The number of carbonyl (C=O) groups is 4. The monoisotopic (exact) mass is 486 g/mol. The number of aryl methyl sites for hydroxylation is 2. The van der Waals surface area contributed by atoms with Crippen LogP contribution in [0.1, 0.15) is 63.7 Å². The lowest BCUT2D eigenvalue weighted by molar-refractivity contribution is 0.0910. The van der Waals surface area contributed by atoms with Gasteiger partial charge >= 0.3 is 0 Å². The highest BCUT2D eigenvalue weighted by Gasteiger charge is 2.37. The van der Waals surface area contributed by atoms with E-state index in [9.17, 15) is 19.2 Å². The van der Waals surface area contributed by atoms with Gasteiger partial charge in [0.15, 0.2) is 0 Å². The molecule has 0 N–H and O–H groups in total. The zero-order valence-electron chi connectivity index (χ0n) is 20.3. The van der Waals surface area contributed by atoms with Gasteiger partial charge in [-0.05, 0) is 79.9 Å². The summed E-state index contributed by atoms with van der Waals surface area (Å²) in [6.45, 7) is 3.78. The molecule has 0 atom stereocenters. The van der Waals surface area contributed by atoms with E-state index >= 15 is 0 Å². The van der Waals surface area contributed by atoms with Gasteiger partial charge in [0.1, 0.15) is 0 Å². The molecule has 6 nitrogen and oxygen atoms in total. The average molecular weight is 487 g/mol. The van der Waals surface area contributed by atoms with E-state index in [0.717, 1.165) is 22.3 Å². The molecule has 0 aromatic heterocycles. The van der Waals surface area contributed by atoms with Crippen molar-refractivity contribution in [3.05, 3.63) is 129 Å². The normalized spacial score (nSPS) is 14.4. The minimum Gasteiger partial charge on any atom is -0.268 e. The molecule has 0 saturated carbocycles. The highest BCUT2D eigenvalue weighted by Crippen LogP contribution is 2.31. The van der Waals surface area contributed by atoms with Crippen LogP contribution in [0.2, 0.25) is 0 Å². The summed E-state index contributed by atoms with van der Waals surface area (Å²) in [5, 5.41) is 0. The molecule has 6 heteroatoms. The second-order valence-electron chi connectivity index (χ2n) is 9.50. The van der Waals surface area contributed by atoms with Gasteiger partial charge in [0.2, 0.25) is 0 Å². The number of nitrogens with zero attached hydrogens (tertiary/aromatic N) is 2. The number of imide groups is 2. The van der Waals surface area contributed by atoms with Crippen molar-refractivity contribution in [3.8, 4) is 0 Å². The van der Waals surface area contributed by atoms with Gasteiger partial charge in [-0.15, -0.1) is 0 Å². The number of fused-ring (bicyclic) bond motifs is 2. The quantitative estimate of drug-likeness (QED) is 0.357. The van der Waals surface area contributed by atoms with Crippen LogP contribution in [0.5, 0.6) is 0 Å². The molecule has 0 radical (unpaired) electrons. The number of hydrogen-bond donors (Lipinski definition) is 0. The Morgan fingerprint density at radius 3 is 1.19 bits per heavy atom. The van der Waals surface area contributed by atoms with Crippen LogP contribution in [0.25, 0.3) is 0 Å². The molecule has 37 heavy (non-hydrogen) atoms. The number of rotatable bonds is 4. The molecule has 4 aromatic rings. The molecule has 6 rings (SSSR count). The fraction of sp³-hybridized carbons (Fsp3) is 0.0968. The lowest BCUT2D eigenvalue weighted by atomic mass is 10.0. The number of amides is 4. The molecular formula is C31H22N2O4. The highest BCUT2D eigenvalue weighted by molar-refractivity contribution is 6.35. The third-order valence-electron chi connectivity index (χ3n) is 6.88. The van der Waals surface area contributed by atoms with Crippen molar-refractivity contribution in [2.24, 2.45) is 0 Å². The summed E-state index contributed by atoms with van der Waals surface area (Å²) in [5.41, 5.74) is 6.64. The Hall–Kier alpha value is -4.84. The van der Waals surface area contributed by atoms with Crippen molar-refractivity contribution >= 4 is 35.0 Å². The SMILES string of the molecule is Cc1ccc2c(c1)C(=O)N(c1ccc(Cc3ccc(N4C(=O)c5ccc(C)cc5C4=O)cc3)cc1)C2=O. The molecule has 4 aromatic carbocycles. The van der Waals surface area contributed by atoms with Crippen LogP contribution in [0.4, 0.5) is 11.4 Å². The summed E-state index contributed by atoms with van der Waals surface area (Å²) in [4.78, 5) is 53.8. The fourth-order valence-electron chi connectivity index (χ4n) is 4.94. The molecule has 2 heterocycles. The Morgan fingerprint density at radius 2 is 0.811 bits per heavy atom. The summed E-state index contributed by atoms with van der Waals surface area (Å²) >= 11 is 0. The molecule has 0 fully saturated rings. The van der Waals surface area contributed by atoms with Crippen molar-refractivity contribution in [1.29, 1.82) is 0 Å². The zero-order valence-corrected chi connectivity index (χ0v) is 20.3. The molecule has 0 bridgehead atoms. The maximum absolute atomic E-state index is 12.9. The first-order valence-corrected chi connectivity index (χ1v) is 12.0. The largest absolute Gasteiger partial charge is 0.268 e. The minimum absolute atomic E-state index is 0.310. The zero-order chi connectivity index (χ0) is 25.8. The molecule has 180 valence electrons. The van der Waals surface area contributed by atoms with Crippen LogP contribution in [0.15, 0.2) is 84.9 Å². The van der Waals surface area contributed by atoms with Crippen LogP contribution in [0, 0.1) is 13.8 Å². The summed E-state index contributed by atoms with van der Waals surface area (Å²) in [7, 11) is 0. The van der Waals surface area contributed by atoms with Crippen molar-refractivity contribution < 1.29 is 19.2 Å². The first-order chi connectivity index (χ1) is 17.8. The molecule has 2 aliphatic rings. The topological polar surface area (TPSA) is 74.8 Å². The maximum atomic E-state index is 12.9. The molecule has 0 aliphatic carbocycles. The lowest BCUT2D eigenvalue weighted by Gasteiger charge is -2.15. The molecule has 4 amide bonds. The third kappa shape index (κ3) is 3.65. The Morgan fingerprint density at radius 1 is 0.459 bits per heavy atom. The first-order valence-electron chi connectivity index (χ1n) is 12.0. The Balaban J connectivity index is 1.18. The summed E-state index contributed by atoms with van der Waals surface area (Å²) < 4.78 is 0. The van der Waals surface area contributed by atoms with Crippen molar-refractivity contribution in [2.75, 3.05) is 9.80 Å². The van der Waals surface area contributed by atoms with Gasteiger partial charge in [0.05, 0.1) is 33.6 Å². The fourth-order valence-corrected chi connectivity index (χ4v) is 4.94. The molecule has 0 spiro atoms. The van der Waals surface area contributed by atoms with Crippen molar-refractivity contribution in [1.82, 2.24) is 0 Å². The molecule has 2 aliphatic heterocycles.